The number of para-hydroxylation sites is 1. The van der Waals surface area contributed by atoms with Gasteiger partial charge in [0.15, 0.2) is 0 Å². The Morgan fingerprint density at radius 3 is 2.67 bits per heavy atom. The zero-order chi connectivity index (χ0) is 20.9. The van der Waals surface area contributed by atoms with Gasteiger partial charge in [-0.05, 0) is 49.8 Å². The van der Waals surface area contributed by atoms with Crippen LogP contribution in [0.3, 0.4) is 0 Å². The van der Waals surface area contributed by atoms with Gasteiger partial charge in [-0.2, -0.15) is 0 Å². The minimum absolute atomic E-state index is 0.0996. The molecule has 2 aromatic carbocycles. The van der Waals surface area contributed by atoms with Crippen LogP contribution in [0.5, 0.6) is 0 Å². The summed E-state index contributed by atoms with van der Waals surface area (Å²) in [6.07, 6.45) is 3.76. The van der Waals surface area contributed by atoms with E-state index in [0.29, 0.717) is 13.0 Å². The van der Waals surface area contributed by atoms with Crippen LogP contribution in [0, 0.1) is 0 Å². The highest BCUT2D eigenvalue weighted by atomic mass is 16.5. The molecule has 0 aliphatic heterocycles. The van der Waals surface area contributed by atoms with E-state index in [2.05, 4.69) is 34.1 Å². The first kappa shape index (κ1) is 20.2. The second-order valence-corrected chi connectivity index (χ2v) is 7.83. The zero-order valence-corrected chi connectivity index (χ0v) is 17.4. The topological polar surface area (TPSA) is 60.3 Å². The molecule has 4 rings (SSSR count). The number of esters is 1. The van der Waals surface area contributed by atoms with Crippen molar-refractivity contribution in [3.05, 3.63) is 71.4 Å². The van der Waals surface area contributed by atoms with E-state index >= 15 is 0 Å². The number of nitrogens with one attached hydrogen (secondary N) is 1. The molecular formula is C25H28N2O3. The number of aryl methyl sites for hydroxylation is 1. The summed E-state index contributed by atoms with van der Waals surface area (Å²) < 4.78 is 7.27. The van der Waals surface area contributed by atoms with Gasteiger partial charge in [0.25, 0.3) is 0 Å². The maximum Gasteiger partial charge on any atom is 0.325 e. The van der Waals surface area contributed by atoms with Crippen LogP contribution in [-0.4, -0.2) is 29.1 Å². The number of hydrogen-bond acceptors (Lipinski definition) is 3. The average Bonchev–Trinajstić information content (AvgIpc) is 3.06. The third-order valence-electron chi connectivity index (χ3n) is 5.82. The van der Waals surface area contributed by atoms with Crippen LogP contribution >= 0.6 is 0 Å². The molecule has 1 aliphatic carbocycles. The third kappa shape index (κ3) is 4.40. The summed E-state index contributed by atoms with van der Waals surface area (Å²) in [4.78, 5) is 24.6. The molecule has 1 atom stereocenters. The molecule has 1 aromatic heterocycles. The smallest absolute Gasteiger partial charge is 0.325 e. The number of aromatic nitrogens is 1. The van der Waals surface area contributed by atoms with Crippen molar-refractivity contribution in [3.63, 3.8) is 0 Å². The van der Waals surface area contributed by atoms with Gasteiger partial charge in [-0.1, -0.05) is 48.5 Å². The fraction of sp³-hybridized carbons (Fsp3) is 0.360. The molecule has 0 fully saturated rings. The van der Waals surface area contributed by atoms with Crippen molar-refractivity contribution in [1.82, 2.24) is 9.88 Å². The molecule has 0 saturated heterocycles. The Labute approximate surface area is 177 Å². The molecule has 156 valence electrons. The largest absolute Gasteiger partial charge is 0.465 e. The van der Waals surface area contributed by atoms with E-state index in [4.69, 9.17) is 4.74 Å². The Kier molecular flexibility index (Phi) is 6.17. The van der Waals surface area contributed by atoms with E-state index in [1.807, 2.05) is 37.3 Å². The minimum atomic E-state index is -0.211. The highest BCUT2D eigenvalue weighted by Gasteiger charge is 2.27. The molecule has 1 amide bonds. The van der Waals surface area contributed by atoms with Gasteiger partial charge in [-0.15, -0.1) is 0 Å². The second-order valence-electron chi connectivity index (χ2n) is 7.83. The van der Waals surface area contributed by atoms with Gasteiger partial charge >= 0.3 is 5.97 Å². The number of ether oxygens (including phenoxy) is 1. The van der Waals surface area contributed by atoms with E-state index in [-0.39, 0.29) is 24.5 Å². The molecule has 0 spiro atoms. The maximum absolute atomic E-state index is 12.5. The fourth-order valence-corrected chi connectivity index (χ4v) is 4.44. The van der Waals surface area contributed by atoms with E-state index in [1.165, 1.54) is 22.2 Å². The number of rotatable bonds is 7. The van der Waals surface area contributed by atoms with Gasteiger partial charge < -0.3 is 14.6 Å². The molecule has 0 unspecified atom stereocenters. The molecule has 5 nitrogen and oxygen atoms in total. The van der Waals surface area contributed by atoms with Crippen LogP contribution in [0.15, 0.2) is 54.6 Å². The lowest BCUT2D eigenvalue weighted by molar-refractivity contribution is -0.143. The van der Waals surface area contributed by atoms with Crippen molar-refractivity contribution >= 4 is 22.8 Å². The summed E-state index contributed by atoms with van der Waals surface area (Å²) in [5, 5.41) is 4.39. The Bertz CT molecular complexity index is 1040. The van der Waals surface area contributed by atoms with Crippen molar-refractivity contribution in [3.8, 4) is 0 Å². The second kappa shape index (κ2) is 9.16. The number of carbonyl (C=O) groups is 2. The van der Waals surface area contributed by atoms with Gasteiger partial charge in [0, 0.05) is 29.1 Å². The summed E-state index contributed by atoms with van der Waals surface area (Å²) in [6.45, 7) is 2.45. The lowest BCUT2D eigenvalue weighted by Gasteiger charge is -2.25. The molecule has 0 radical (unpaired) electrons. The normalized spacial score (nSPS) is 15.6. The molecule has 5 heteroatoms. The van der Waals surface area contributed by atoms with Gasteiger partial charge in [0.1, 0.15) is 6.54 Å². The van der Waals surface area contributed by atoms with Crippen LogP contribution < -0.4 is 5.32 Å². The molecule has 30 heavy (non-hydrogen) atoms. The van der Waals surface area contributed by atoms with Gasteiger partial charge in [-0.3, -0.25) is 9.59 Å². The quantitative estimate of drug-likeness (QED) is 0.609. The SMILES string of the molecule is CCOC(=O)Cn1c2c(c3ccccc31)C[C@@H](NC(=O)CCc1ccccc1)CC2. The summed E-state index contributed by atoms with van der Waals surface area (Å²) in [5.74, 6) is -0.111. The summed E-state index contributed by atoms with van der Waals surface area (Å²) in [5.41, 5.74) is 4.68. The van der Waals surface area contributed by atoms with E-state index in [0.717, 1.165) is 31.2 Å². The maximum atomic E-state index is 12.5. The average molecular weight is 405 g/mol. The lowest BCUT2D eigenvalue weighted by Crippen LogP contribution is -2.39. The predicted molar refractivity (Wildman–Crippen MR) is 117 cm³/mol. The molecule has 3 aromatic rings. The highest BCUT2D eigenvalue weighted by Crippen LogP contribution is 2.32. The molecule has 0 saturated carbocycles. The van der Waals surface area contributed by atoms with E-state index in [1.54, 1.807) is 0 Å². The van der Waals surface area contributed by atoms with E-state index in [9.17, 15) is 9.59 Å². The van der Waals surface area contributed by atoms with Crippen LogP contribution in [0.4, 0.5) is 0 Å². The van der Waals surface area contributed by atoms with Crippen molar-refractivity contribution in [2.45, 2.75) is 51.6 Å². The molecule has 0 bridgehead atoms. The monoisotopic (exact) mass is 404 g/mol. The Morgan fingerprint density at radius 1 is 1.10 bits per heavy atom. The number of amides is 1. The Balaban J connectivity index is 1.47. The summed E-state index contributed by atoms with van der Waals surface area (Å²) in [7, 11) is 0. The first-order valence-corrected chi connectivity index (χ1v) is 10.7. The molecule has 1 aliphatic rings. The van der Waals surface area contributed by atoms with Crippen molar-refractivity contribution in [2.24, 2.45) is 0 Å². The Hall–Kier alpha value is -3.08. The van der Waals surface area contributed by atoms with E-state index < -0.39 is 0 Å². The van der Waals surface area contributed by atoms with Gasteiger partial charge in [0.2, 0.25) is 5.91 Å². The van der Waals surface area contributed by atoms with Crippen molar-refractivity contribution in [1.29, 1.82) is 0 Å². The summed E-state index contributed by atoms with van der Waals surface area (Å²) >= 11 is 0. The van der Waals surface area contributed by atoms with Crippen molar-refractivity contribution < 1.29 is 14.3 Å². The number of benzene rings is 2. The van der Waals surface area contributed by atoms with Crippen LogP contribution in [0.2, 0.25) is 0 Å². The number of nitrogens with zero attached hydrogens (tertiary/aromatic N) is 1. The number of carbonyl (C=O) groups excluding carboxylic acids is 2. The summed E-state index contributed by atoms with van der Waals surface area (Å²) in [6, 6.07) is 18.4. The number of fused-ring (bicyclic) bond motifs is 3. The number of hydrogen-bond donors (Lipinski definition) is 1. The fourth-order valence-electron chi connectivity index (χ4n) is 4.44. The predicted octanol–water partition coefficient (Wildman–Crippen LogP) is 3.81. The van der Waals surface area contributed by atoms with Gasteiger partial charge in [-0.25, -0.2) is 0 Å². The van der Waals surface area contributed by atoms with Crippen LogP contribution in [0.25, 0.3) is 10.9 Å². The zero-order valence-electron chi connectivity index (χ0n) is 17.4. The van der Waals surface area contributed by atoms with Crippen LogP contribution in [0.1, 0.15) is 36.6 Å². The molecule has 1 heterocycles. The highest BCUT2D eigenvalue weighted by molar-refractivity contribution is 5.87. The third-order valence-corrected chi connectivity index (χ3v) is 5.82. The molecular weight excluding hydrogens is 376 g/mol. The van der Waals surface area contributed by atoms with Gasteiger partial charge in [0.05, 0.1) is 6.61 Å². The first-order valence-electron chi connectivity index (χ1n) is 10.7. The van der Waals surface area contributed by atoms with Crippen LogP contribution in [-0.2, 0) is 40.1 Å². The standard InChI is InChI=1S/C25H28N2O3/c1-2-30-25(29)17-27-22-11-7-6-10-20(22)21-16-19(13-14-23(21)27)26-24(28)15-12-18-8-4-3-5-9-18/h3-11,19H,2,12-17H2,1H3,(H,26,28)/t19-/m0/s1. The van der Waals surface area contributed by atoms with Crippen molar-refractivity contribution in [2.75, 3.05) is 6.61 Å². The first-order chi connectivity index (χ1) is 14.7. The Morgan fingerprint density at radius 2 is 1.87 bits per heavy atom. The lowest BCUT2D eigenvalue weighted by atomic mass is 9.91. The minimum Gasteiger partial charge on any atom is -0.465 e. The molecule has 1 N–H and O–H groups in total.